The summed E-state index contributed by atoms with van der Waals surface area (Å²) in [4.78, 5) is 13.7. The van der Waals surface area contributed by atoms with E-state index in [1.165, 1.54) is 5.56 Å². The van der Waals surface area contributed by atoms with Gasteiger partial charge in [0.2, 0.25) is 0 Å². The lowest BCUT2D eigenvalue weighted by atomic mass is 9.93. The van der Waals surface area contributed by atoms with Crippen LogP contribution in [0.15, 0.2) is 48.8 Å². The molecule has 0 unspecified atom stereocenters. The van der Waals surface area contributed by atoms with Gasteiger partial charge in [0, 0.05) is 28.5 Å². The summed E-state index contributed by atoms with van der Waals surface area (Å²) in [6.45, 7) is 0. The van der Waals surface area contributed by atoms with Gasteiger partial charge in [0.1, 0.15) is 0 Å². The first-order valence-electron chi connectivity index (χ1n) is 6.87. The van der Waals surface area contributed by atoms with Gasteiger partial charge in [-0.15, -0.1) is 0 Å². The van der Waals surface area contributed by atoms with Crippen molar-refractivity contribution in [2.75, 3.05) is 0 Å². The molecule has 1 aliphatic rings. The van der Waals surface area contributed by atoms with Gasteiger partial charge in [0.05, 0.1) is 11.4 Å². The number of benzene rings is 1. The molecule has 0 atom stereocenters. The Morgan fingerprint density at radius 1 is 0.952 bits per heavy atom. The van der Waals surface area contributed by atoms with Gasteiger partial charge in [-0.25, -0.2) is 9.97 Å². The van der Waals surface area contributed by atoms with E-state index in [-0.39, 0.29) is 0 Å². The third-order valence-electron chi connectivity index (χ3n) is 3.74. The number of hydrogen-bond donors (Lipinski definition) is 0. The molecule has 21 heavy (non-hydrogen) atoms. The maximum atomic E-state index is 5.93. The minimum absolute atomic E-state index is 0.714. The number of aromatic nitrogens is 3. The molecule has 2 heterocycles. The molecular weight excluding hydrogens is 282 g/mol. The largest absolute Gasteiger partial charge is 0.261 e. The zero-order chi connectivity index (χ0) is 14.2. The van der Waals surface area contributed by atoms with Crippen LogP contribution in [0.4, 0.5) is 0 Å². The molecule has 2 aromatic heterocycles. The van der Waals surface area contributed by atoms with Crippen molar-refractivity contribution in [2.24, 2.45) is 0 Å². The van der Waals surface area contributed by atoms with Crippen LogP contribution in [-0.4, -0.2) is 15.0 Å². The normalized spacial score (nSPS) is 12.6. The van der Waals surface area contributed by atoms with Crippen molar-refractivity contribution in [2.45, 2.75) is 12.8 Å². The van der Waals surface area contributed by atoms with Crippen LogP contribution in [-0.2, 0) is 12.8 Å². The molecule has 0 fully saturated rings. The summed E-state index contributed by atoms with van der Waals surface area (Å²) in [6.07, 6.45) is 5.67. The van der Waals surface area contributed by atoms with Gasteiger partial charge in [-0.05, 0) is 54.8 Å². The Morgan fingerprint density at radius 2 is 1.81 bits per heavy atom. The number of hydrogen-bond acceptors (Lipinski definition) is 3. The van der Waals surface area contributed by atoms with Crippen molar-refractivity contribution in [1.82, 2.24) is 15.0 Å². The Hall–Kier alpha value is -2.26. The zero-order valence-corrected chi connectivity index (χ0v) is 12.0. The molecule has 0 saturated heterocycles. The maximum Gasteiger partial charge on any atom is 0.159 e. The first-order chi connectivity index (χ1) is 10.3. The predicted octanol–water partition coefficient (Wildman–Crippen LogP) is 3.96. The van der Waals surface area contributed by atoms with Crippen molar-refractivity contribution >= 4 is 11.6 Å². The summed E-state index contributed by atoms with van der Waals surface area (Å²) in [6, 6.07) is 11.6. The monoisotopic (exact) mass is 293 g/mol. The van der Waals surface area contributed by atoms with Gasteiger partial charge in [0.25, 0.3) is 0 Å². The Labute approximate surface area is 127 Å². The Kier molecular flexibility index (Phi) is 2.93. The van der Waals surface area contributed by atoms with Crippen LogP contribution in [0.2, 0.25) is 5.02 Å². The molecule has 3 aromatic rings. The van der Waals surface area contributed by atoms with Crippen molar-refractivity contribution in [3.8, 4) is 22.6 Å². The van der Waals surface area contributed by atoms with E-state index in [1.54, 1.807) is 0 Å². The third-order valence-corrected chi connectivity index (χ3v) is 4.00. The standard InChI is InChI=1S/C17H12ClN3/c18-13-6-3-11(4-7-13)17-20-10-12-5-8-15-14(16(12)21-17)2-1-9-19-15/h1-4,6-7,9-10H,5,8H2. The molecule has 4 heteroatoms. The molecule has 102 valence electrons. The molecule has 0 spiro atoms. The molecule has 0 saturated carbocycles. The number of halogens is 1. The van der Waals surface area contributed by atoms with Crippen LogP contribution in [0.5, 0.6) is 0 Å². The highest BCUT2D eigenvalue weighted by Crippen LogP contribution is 2.31. The van der Waals surface area contributed by atoms with Crippen LogP contribution in [0, 0.1) is 0 Å². The Morgan fingerprint density at radius 3 is 2.67 bits per heavy atom. The smallest absolute Gasteiger partial charge is 0.159 e. The Balaban J connectivity index is 1.86. The van der Waals surface area contributed by atoms with Gasteiger partial charge in [0.15, 0.2) is 5.82 Å². The highest BCUT2D eigenvalue weighted by molar-refractivity contribution is 6.30. The quantitative estimate of drug-likeness (QED) is 0.682. The second-order valence-electron chi connectivity index (χ2n) is 5.07. The summed E-state index contributed by atoms with van der Waals surface area (Å²) in [5, 5.41) is 0.714. The van der Waals surface area contributed by atoms with Crippen LogP contribution < -0.4 is 0 Å². The van der Waals surface area contributed by atoms with Crippen molar-refractivity contribution in [1.29, 1.82) is 0 Å². The number of aryl methyl sites for hydroxylation is 2. The minimum Gasteiger partial charge on any atom is -0.261 e. The highest BCUT2D eigenvalue weighted by Gasteiger charge is 2.19. The van der Waals surface area contributed by atoms with E-state index in [4.69, 9.17) is 16.6 Å². The molecule has 4 rings (SSSR count). The molecule has 0 radical (unpaired) electrons. The van der Waals surface area contributed by atoms with E-state index in [0.717, 1.165) is 41.2 Å². The van der Waals surface area contributed by atoms with E-state index < -0.39 is 0 Å². The lowest BCUT2D eigenvalue weighted by Gasteiger charge is -2.17. The third kappa shape index (κ3) is 2.20. The van der Waals surface area contributed by atoms with Crippen LogP contribution in [0.1, 0.15) is 11.3 Å². The fourth-order valence-electron chi connectivity index (χ4n) is 2.67. The van der Waals surface area contributed by atoms with Crippen LogP contribution >= 0.6 is 11.6 Å². The van der Waals surface area contributed by atoms with Gasteiger partial charge in [-0.3, -0.25) is 4.98 Å². The minimum atomic E-state index is 0.714. The molecule has 1 aromatic carbocycles. The first kappa shape index (κ1) is 12.5. The van der Waals surface area contributed by atoms with Crippen molar-refractivity contribution in [3.05, 3.63) is 65.1 Å². The number of fused-ring (bicyclic) bond motifs is 3. The fraction of sp³-hybridized carbons (Fsp3) is 0.118. The molecule has 3 nitrogen and oxygen atoms in total. The van der Waals surface area contributed by atoms with Gasteiger partial charge in [-0.2, -0.15) is 0 Å². The lowest BCUT2D eigenvalue weighted by molar-refractivity contribution is 0.875. The van der Waals surface area contributed by atoms with Crippen molar-refractivity contribution in [3.63, 3.8) is 0 Å². The van der Waals surface area contributed by atoms with E-state index in [0.29, 0.717) is 5.02 Å². The predicted molar refractivity (Wildman–Crippen MR) is 83.1 cm³/mol. The average Bonchev–Trinajstić information content (AvgIpc) is 2.55. The fourth-order valence-corrected chi connectivity index (χ4v) is 2.79. The molecule has 0 bridgehead atoms. The van der Waals surface area contributed by atoms with E-state index in [9.17, 15) is 0 Å². The van der Waals surface area contributed by atoms with Gasteiger partial charge < -0.3 is 0 Å². The summed E-state index contributed by atoms with van der Waals surface area (Å²) in [7, 11) is 0. The van der Waals surface area contributed by atoms with E-state index >= 15 is 0 Å². The topological polar surface area (TPSA) is 38.7 Å². The van der Waals surface area contributed by atoms with Crippen LogP contribution in [0.25, 0.3) is 22.6 Å². The maximum absolute atomic E-state index is 5.93. The van der Waals surface area contributed by atoms with E-state index in [1.807, 2.05) is 42.7 Å². The van der Waals surface area contributed by atoms with Gasteiger partial charge in [-0.1, -0.05) is 11.6 Å². The summed E-state index contributed by atoms with van der Waals surface area (Å²) < 4.78 is 0. The average molecular weight is 294 g/mol. The SMILES string of the molecule is Clc1ccc(-c2ncc3c(n2)-c2cccnc2CC3)cc1. The Bertz CT molecular complexity index is 813. The summed E-state index contributed by atoms with van der Waals surface area (Å²) >= 11 is 5.93. The molecule has 1 aliphatic carbocycles. The van der Waals surface area contributed by atoms with Crippen LogP contribution in [0.3, 0.4) is 0 Å². The molecular formula is C17H12ClN3. The summed E-state index contributed by atoms with van der Waals surface area (Å²) in [5.41, 5.74) is 5.40. The molecule has 0 aliphatic heterocycles. The van der Waals surface area contributed by atoms with E-state index in [2.05, 4.69) is 16.0 Å². The lowest BCUT2D eigenvalue weighted by Crippen LogP contribution is -2.08. The number of rotatable bonds is 1. The van der Waals surface area contributed by atoms with Gasteiger partial charge >= 0.3 is 0 Å². The second-order valence-corrected chi connectivity index (χ2v) is 5.51. The number of pyridine rings is 1. The van der Waals surface area contributed by atoms with Crippen molar-refractivity contribution < 1.29 is 0 Å². The summed E-state index contributed by atoms with van der Waals surface area (Å²) in [5.74, 6) is 0.724. The molecule has 0 amide bonds. The number of nitrogens with zero attached hydrogens (tertiary/aromatic N) is 3. The second kappa shape index (κ2) is 4.93. The highest BCUT2D eigenvalue weighted by atomic mass is 35.5. The molecule has 0 N–H and O–H groups in total. The zero-order valence-electron chi connectivity index (χ0n) is 11.3. The first-order valence-corrected chi connectivity index (χ1v) is 7.25.